The number of allylic oxidation sites excluding steroid dienone is 1. The average molecular weight is 294 g/mol. The maximum absolute atomic E-state index is 9.99. The number of para-hydroxylation sites is 1. The first-order valence-corrected chi connectivity index (χ1v) is 8.43. The smallest absolute Gasteiger partial charge is 0.0514 e. The first-order valence-electron chi connectivity index (χ1n) is 8.43. The van der Waals surface area contributed by atoms with E-state index < -0.39 is 0 Å². The molecule has 3 heteroatoms. The van der Waals surface area contributed by atoms with Crippen LogP contribution >= 0.6 is 0 Å². The van der Waals surface area contributed by atoms with E-state index in [2.05, 4.69) is 47.1 Å². The molecule has 3 saturated heterocycles. The number of H-pyrrole nitrogens is 1. The lowest BCUT2D eigenvalue weighted by Gasteiger charge is -2.58. The molecule has 3 fully saturated rings. The number of aliphatic hydroxyl groups is 1. The predicted octanol–water partition coefficient (Wildman–Crippen LogP) is 3.02. The van der Waals surface area contributed by atoms with E-state index in [1.54, 1.807) is 0 Å². The molecule has 4 bridgehead atoms. The standard InChI is InChI=1S/C19H22N2O/c1-2-11-9-21-17-8-14-12-5-3-4-6-16(12)20-19(14)18(21)7-13(11)15(17)10-22/h2-6,13,15,17-18,20,22H,7-10H2,1H3/b11-2+/t13-,15-,17+,18+/m1/s1. The van der Waals surface area contributed by atoms with Crippen LogP contribution < -0.4 is 0 Å². The van der Waals surface area contributed by atoms with Crippen LogP contribution in [0.3, 0.4) is 0 Å². The number of rotatable bonds is 1. The Hall–Kier alpha value is -1.58. The summed E-state index contributed by atoms with van der Waals surface area (Å²) in [6.45, 7) is 3.55. The molecule has 6 rings (SSSR count). The van der Waals surface area contributed by atoms with Gasteiger partial charge in [-0.2, -0.15) is 0 Å². The van der Waals surface area contributed by atoms with Gasteiger partial charge in [0.15, 0.2) is 0 Å². The van der Waals surface area contributed by atoms with Gasteiger partial charge < -0.3 is 10.1 Å². The van der Waals surface area contributed by atoms with Gasteiger partial charge in [0.05, 0.1) is 6.04 Å². The Morgan fingerprint density at radius 2 is 2.23 bits per heavy atom. The maximum Gasteiger partial charge on any atom is 0.0514 e. The van der Waals surface area contributed by atoms with Crippen LogP contribution in [-0.4, -0.2) is 34.2 Å². The van der Waals surface area contributed by atoms with Gasteiger partial charge in [0.2, 0.25) is 0 Å². The largest absolute Gasteiger partial charge is 0.396 e. The molecule has 2 aromatic rings. The lowest BCUT2D eigenvalue weighted by Crippen LogP contribution is -2.60. The third-order valence-corrected chi connectivity index (χ3v) is 6.33. The van der Waals surface area contributed by atoms with Gasteiger partial charge in [-0.1, -0.05) is 29.8 Å². The van der Waals surface area contributed by atoms with Crippen LogP contribution in [0.15, 0.2) is 35.9 Å². The van der Waals surface area contributed by atoms with Crippen LogP contribution in [0, 0.1) is 11.8 Å². The summed E-state index contributed by atoms with van der Waals surface area (Å²) in [6.07, 6.45) is 4.51. The van der Waals surface area contributed by atoms with Crippen molar-refractivity contribution >= 4 is 10.9 Å². The lowest BCUT2D eigenvalue weighted by molar-refractivity contribution is -0.0503. The summed E-state index contributed by atoms with van der Waals surface area (Å²) < 4.78 is 0. The second-order valence-electron chi connectivity index (χ2n) is 7.07. The minimum atomic E-state index is 0.313. The molecule has 0 aliphatic carbocycles. The highest BCUT2D eigenvalue weighted by Gasteiger charge is 2.52. The van der Waals surface area contributed by atoms with Crippen molar-refractivity contribution in [2.75, 3.05) is 13.2 Å². The zero-order valence-corrected chi connectivity index (χ0v) is 12.9. The molecule has 0 amide bonds. The molecule has 4 aliphatic rings. The van der Waals surface area contributed by atoms with E-state index in [1.807, 2.05) is 0 Å². The van der Waals surface area contributed by atoms with Gasteiger partial charge in [-0.25, -0.2) is 0 Å². The van der Waals surface area contributed by atoms with Gasteiger partial charge in [-0.3, -0.25) is 4.90 Å². The topological polar surface area (TPSA) is 39.3 Å². The zero-order chi connectivity index (χ0) is 14.8. The number of aliphatic hydroxyl groups excluding tert-OH is 1. The molecular formula is C19H22N2O. The van der Waals surface area contributed by atoms with Crippen LogP contribution in [0.25, 0.3) is 10.9 Å². The van der Waals surface area contributed by atoms with Crippen molar-refractivity contribution < 1.29 is 5.11 Å². The highest BCUT2D eigenvalue weighted by molar-refractivity contribution is 5.85. The van der Waals surface area contributed by atoms with E-state index in [1.165, 1.54) is 27.7 Å². The quantitative estimate of drug-likeness (QED) is 0.794. The molecule has 1 aromatic heterocycles. The van der Waals surface area contributed by atoms with E-state index in [9.17, 15) is 5.11 Å². The van der Waals surface area contributed by atoms with Crippen LogP contribution in [-0.2, 0) is 6.42 Å². The molecule has 3 nitrogen and oxygen atoms in total. The highest BCUT2D eigenvalue weighted by atomic mass is 16.3. The molecule has 1 aromatic carbocycles. The predicted molar refractivity (Wildman–Crippen MR) is 87.7 cm³/mol. The highest BCUT2D eigenvalue weighted by Crippen LogP contribution is 2.53. The number of aromatic amines is 1. The molecule has 5 atom stereocenters. The molecule has 2 N–H and O–H groups in total. The molecule has 4 aliphatic heterocycles. The Balaban J connectivity index is 1.69. The van der Waals surface area contributed by atoms with Crippen molar-refractivity contribution in [3.63, 3.8) is 0 Å². The van der Waals surface area contributed by atoms with Crippen molar-refractivity contribution in [3.8, 4) is 0 Å². The number of aromatic nitrogens is 1. The molecule has 0 saturated carbocycles. The molecule has 1 unspecified atom stereocenters. The van der Waals surface area contributed by atoms with Gasteiger partial charge in [0, 0.05) is 41.7 Å². The third-order valence-electron chi connectivity index (χ3n) is 6.33. The summed E-state index contributed by atoms with van der Waals surface area (Å²) >= 11 is 0. The van der Waals surface area contributed by atoms with E-state index >= 15 is 0 Å². The van der Waals surface area contributed by atoms with Gasteiger partial charge in [0.1, 0.15) is 0 Å². The molecule has 114 valence electrons. The van der Waals surface area contributed by atoms with E-state index in [4.69, 9.17) is 0 Å². The fourth-order valence-corrected chi connectivity index (χ4v) is 5.32. The van der Waals surface area contributed by atoms with Crippen LogP contribution in [0.2, 0.25) is 0 Å². The summed E-state index contributed by atoms with van der Waals surface area (Å²) in [5, 5.41) is 11.4. The van der Waals surface area contributed by atoms with Gasteiger partial charge in [0.25, 0.3) is 0 Å². The summed E-state index contributed by atoms with van der Waals surface area (Å²) in [5.41, 5.74) is 5.74. The second-order valence-corrected chi connectivity index (χ2v) is 7.07. The van der Waals surface area contributed by atoms with Gasteiger partial charge in [-0.05, 0) is 37.3 Å². The average Bonchev–Trinajstić information content (AvgIpc) is 2.93. The van der Waals surface area contributed by atoms with Crippen molar-refractivity contribution in [1.82, 2.24) is 9.88 Å². The van der Waals surface area contributed by atoms with E-state index in [0.717, 1.165) is 19.4 Å². The fourth-order valence-electron chi connectivity index (χ4n) is 5.32. The van der Waals surface area contributed by atoms with Crippen LogP contribution in [0.5, 0.6) is 0 Å². The van der Waals surface area contributed by atoms with E-state index in [0.29, 0.717) is 30.5 Å². The number of hydrogen-bond donors (Lipinski definition) is 2. The van der Waals surface area contributed by atoms with Gasteiger partial charge in [-0.15, -0.1) is 0 Å². The van der Waals surface area contributed by atoms with Crippen LogP contribution in [0.1, 0.15) is 30.6 Å². The first-order chi connectivity index (χ1) is 10.8. The Morgan fingerprint density at radius 3 is 3.05 bits per heavy atom. The van der Waals surface area contributed by atoms with Crippen molar-refractivity contribution in [3.05, 3.63) is 47.2 Å². The first kappa shape index (κ1) is 12.9. The second kappa shape index (κ2) is 4.46. The number of piperidine rings is 3. The van der Waals surface area contributed by atoms with Gasteiger partial charge >= 0.3 is 0 Å². The number of nitrogens with zero attached hydrogens (tertiary/aromatic N) is 1. The van der Waals surface area contributed by atoms with Crippen molar-refractivity contribution in [2.24, 2.45) is 11.8 Å². The third kappa shape index (κ3) is 1.48. The Kier molecular flexibility index (Phi) is 2.62. The lowest BCUT2D eigenvalue weighted by atomic mass is 9.64. The molecule has 0 radical (unpaired) electrons. The number of hydrogen-bond acceptors (Lipinski definition) is 2. The minimum Gasteiger partial charge on any atom is -0.396 e. The summed E-state index contributed by atoms with van der Waals surface area (Å²) in [6, 6.07) is 9.68. The maximum atomic E-state index is 9.99. The Morgan fingerprint density at radius 1 is 1.36 bits per heavy atom. The summed E-state index contributed by atoms with van der Waals surface area (Å²) in [4.78, 5) is 6.35. The summed E-state index contributed by atoms with van der Waals surface area (Å²) in [5.74, 6) is 0.965. The monoisotopic (exact) mass is 294 g/mol. The number of nitrogens with one attached hydrogen (secondary N) is 1. The Bertz CT molecular complexity index is 775. The molecular weight excluding hydrogens is 272 g/mol. The van der Waals surface area contributed by atoms with Crippen molar-refractivity contribution in [2.45, 2.75) is 31.8 Å². The number of fused-ring (bicyclic) bond motifs is 4. The zero-order valence-electron chi connectivity index (χ0n) is 12.9. The van der Waals surface area contributed by atoms with Crippen LogP contribution in [0.4, 0.5) is 0 Å². The molecule has 5 heterocycles. The number of benzene rings is 1. The SMILES string of the molecule is C/C=C1\CN2[C@H]3C[C@H]1[C@@H](CO)[C@@H]2Cc1c3[nH]c2ccccc12. The molecule has 22 heavy (non-hydrogen) atoms. The Labute approximate surface area is 130 Å². The van der Waals surface area contributed by atoms with E-state index in [-0.39, 0.29) is 0 Å². The minimum absolute atomic E-state index is 0.313. The normalized spacial score (nSPS) is 37.7. The van der Waals surface area contributed by atoms with Crippen molar-refractivity contribution in [1.29, 1.82) is 0 Å². The molecule has 0 spiro atoms. The summed E-state index contributed by atoms with van der Waals surface area (Å²) in [7, 11) is 0. The fraction of sp³-hybridized carbons (Fsp3) is 0.474.